The Morgan fingerprint density at radius 2 is 1.80 bits per heavy atom. The summed E-state index contributed by atoms with van der Waals surface area (Å²) in [5.41, 5.74) is 1.38. The topological polar surface area (TPSA) is 0 Å². The largest absolute Gasteiger partial charge is 0.0884 e. The first-order valence-electron chi connectivity index (χ1n) is 3.67. The summed E-state index contributed by atoms with van der Waals surface area (Å²) in [5, 5.41) is 0. The van der Waals surface area contributed by atoms with Gasteiger partial charge >= 0.3 is 0 Å². The molecule has 0 fully saturated rings. The van der Waals surface area contributed by atoms with Gasteiger partial charge in [0.05, 0.1) is 7.85 Å². The van der Waals surface area contributed by atoms with E-state index in [1.165, 1.54) is 5.56 Å². The third kappa shape index (κ3) is 2.26. The molecule has 0 aliphatic carbocycles. The van der Waals surface area contributed by atoms with Crippen LogP contribution in [0.25, 0.3) is 0 Å². The van der Waals surface area contributed by atoms with Gasteiger partial charge < -0.3 is 0 Å². The number of aryl methyl sites for hydroxylation is 1. The quantitative estimate of drug-likeness (QED) is 0.550. The normalized spacial score (nSPS) is 9.60. The van der Waals surface area contributed by atoms with Gasteiger partial charge in [-0.15, -0.1) is 0 Å². The molecule has 0 saturated heterocycles. The van der Waals surface area contributed by atoms with Crippen LogP contribution in [0.2, 0.25) is 6.32 Å². The number of hydrogen-bond acceptors (Lipinski definition) is 0. The fraction of sp³-hybridized carbons (Fsp3) is 0.333. The van der Waals surface area contributed by atoms with Gasteiger partial charge in [-0.3, -0.25) is 0 Å². The van der Waals surface area contributed by atoms with Crippen molar-refractivity contribution in [1.29, 1.82) is 0 Å². The van der Waals surface area contributed by atoms with Crippen LogP contribution in [0.4, 0.5) is 0 Å². The van der Waals surface area contributed by atoms with Crippen LogP contribution < -0.4 is 0 Å². The van der Waals surface area contributed by atoms with Crippen molar-refractivity contribution >= 4 is 7.85 Å². The fourth-order valence-electron chi connectivity index (χ4n) is 0.951. The van der Waals surface area contributed by atoms with Crippen LogP contribution in [0.1, 0.15) is 12.0 Å². The zero-order valence-electron chi connectivity index (χ0n) is 6.09. The van der Waals surface area contributed by atoms with Gasteiger partial charge in [-0.05, 0) is 12.0 Å². The number of benzene rings is 1. The van der Waals surface area contributed by atoms with Crippen LogP contribution in [0.5, 0.6) is 0 Å². The Hall–Kier alpha value is -0.715. The molecule has 0 bridgehead atoms. The van der Waals surface area contributed by atoms with E-state index in [1.54, 1.807) is 0 Å². The Morgan fingerprint density at radius 3 is 2.40 bits per heavy atom. The molecule has 0 aromatic heterocycles. The van der Waals surface area contributed by atoms with E-state index in [2.05, 4.69) is 24.3 Å². The van der Waals surface area contributed by atoms with E-state index in [-0.39, 0.29) is 0 Å². The monoisotopic (exact) mass is 130 g/mol. The first-order chi connectivity index (χ1) is 4.93. The van der Waals surface area contributed by atoms with E-state index in [4.69, 9.17) is 7.85 Å². The molecule has 0 atom stereocenters. The second-order valence-corrected chi connectivity index (χ2v) is 2.38. The van der Waals surface area contributed by atoms with Gasteiger partial charge in [0.15, 0.2) is 0 Å². The van der Waals surface area contributed by atoms with E-state index >= 15 is 0 Å². The average Bonchev–Trinajstić information content (AvgIpc) is 2.03. The second kappa shape index (κ2) is 4.16. The van der Waals surface area contributed by atoms with Crippen molar-refractivity contribution in [2.75, 3.05) is 0 Å². The van der Waals surface area contributed by atoms with Crippen molar-refractivity contribution in [3.05, 3.63) is 35.9 Å². The smallest absolute Gasteiger partial charge is 0.0653 e. The first-order valence-corrected chi connectivity index (χ1v) is 3.67. The van der Waals surface area contributed by atoms with Gasteiger partial charge in [0.25, 0.3) is 0 Å². The minimum atomic E-state index is 0.787. The highest BCUT2D eigenvalue weighted by Crippen LogP contribution is 2.02. The summed E-state index contributed by atoms with van der Waals surface area (Å²) >= 11 is 0. The molecule has 0 heterocycles. The van der Waals surface area contributed by atoms with Crippen molar-refractivity contribution in [2.24, 2.45) is 0 Å². The van der Waals surface area contributed by atoms with Gasteiger partial charge in [-0.1, -0.05) is 43.1 Å². The van der Waals surface area contributed by atoms with Gasteiger partial charge in [-0.25, -0.2) is 0 Å². The van der Waals surface area contributed by atoms with Gasteiger partial charge in [0.1, 0.15) is 0 Å². The third-order valence-electron chi connectivity index (χ3n) is 1.51. The molecule has 1 heteroatoms. The number of rotatable bonds is 3. The summed E-state index contributed by atoms with van der Waals surface area (Å²) in [6.07, 6.45) is 2.98. The molecule has 0 amide bonds. The number of hydrogen-bond donors (Lipinski definition) is 0. The van der Waals surface area contributed by atoms with Crippen LogP contribution in [-0.2, 0) is 6.42 Å². The predicted molar refractivity (Wildman–Crippen MR) is 45.3 cm³/mol. The summed E-state index contributed by atoms with van der Waals surface area (Å²) in [4.78, 5) is 0. The predicted octanol–water partition coefficient (Wildman–Crippen LogP) is 2.21. The van der Waals surface area contributed by atoms with Crippen molar-refractivity contribution < 1.29 is 0 Å². The summed E-state index contributed by atoms with van der Waals surface area (Å²) in [5.74, 6) is 0. The molecule has 1 aromatic carbocycles. The lowest BCUT2D eigenvalue weighted by Crippen LogP contribution is -1.82. The molecule has 50 valence electrons. The highest BCUT2D eigenvalue weighted by molar-refractivity contribution is 6.08. The Kier molecular flexibility index (Phi) is 3.07. The Labute approximate surface area is 63.7 Å². The summed E-state index contributed by atoms with van der Waals surface area (Å²) < 4.78 is 0. The van der Waals surface area contributed by atoms with E-state index in [0.29, 0.717) is 0 Å². The Bertz CT molecular complexity index is 169. The molecule has 1 aromatic rings. The molecule has 1 rings (SSSR count). The van der Waals surface area contributed by atoms with Gasteiger partial charge in [0, 0.05) is 0 Å². The Balaban J connectivity index is 2.43. The average molecular weight is 130 g/mol. The van der Waals surface area contributed by atoms with Gasteiger partial charge in [-0.2, -0.15) is 0 Å². The van der Waals surface area contributed by atoms with Crippen molar-refractivity contribution in [3.63, 3.8) is 0 Å². The van der Waals surface area contributed by atoms with Crippen LogP contribution in [-0.4, -0.2) is 7.85 Å². The molecule has 0 aliphatic rings. The first kappa shape index (κ1) is 7.39. The van der Waals surface area contributed by atoms with Crippen LogP contribution in [0, 0.1) is 0 Å². The minimum absolute atomic E-state index is 0.787. The summed E-state index contributed by atoms with van der Waals surface area (Å²) in [6, 6.07) is 10.4. The fourth-order valence-corrected chi connectivity index (χ4v) is 0.951. The van der Waals surface area contributed by atoms with Crippen LogP contribution in [0.3, 0.4) is 0 Å². The molecule has 0 nitrogen and oxygen atoms in total. The molecule has 0 N–H and O–H groups in total. The van der Waals surface area contributed by atoms with E-state index in [9.17, 15) is 0 Å². The molecule has 10 heavy (non-hydrogen) atoms. The zero-order valence-corrected chi connectivity index (χ0v) is 6.09. The minimum Gasteiger partial charge on any atom is -0.0884 e. The van der Waals surface area contributed by atoms with Crippen molar-refractivity contribution in [2.45, 2.75) is 19.2 Å². The Morgan fingerprint density at radius 1 is 1.10 bits per heavy atom. The molecular formula is C9H11B. The van der Waals surface area contributed by atoms with E-state index in [0.717, 1.165) is 19.2 Å². The molecular weight excluding hydrogens is 119 g/mol. The van der Waals surface area contributed by atoms with Crippen LogP contribution >= 0.6 is 0 Å². The van der Waals surface area contributed by atoms with Crippen LogP contribution in [0.15, 0.2) is 30.3 Å². The SMILES string of the molecule is [B]CCCc1ccccc1. The van der Waals surface area contributed by atoms with Gasteiger partial charge in [0.2, 0.25) is 0 Å². The summed E-state index contributed by atoms with van der Waals surface area (Å²) in [6.45, 7) is 0. The lowest BCUT2D eigenvalue weighted by molar-refractivity contribution is 0.919. The van der Waals surface area contributed by atoms with E-state index in [1.807, 2.05) is 6.07 Å². The highest BCUT2D eigenvalue weighted by Gasteiger charge is 1.87. The van der Waals surface area contributed by atoms with Crippen molar-refractivity contribution in [3.8, 4) is 0 Å². The maximum Gasteiger partial charge on any atom is 0.0653 e. The lowest BCUT2D eigenvalue weighted by Gasteiger charge is -1.96. The molecule has 0 aliphatic heterocycles. The summed E-state index contributed by atoms with van der Waals surface area (Å²) in [7, 11) is 5.38. The maximum absolute atomic E-state index is 5.38. The third-order valence-corrected chi connectivity index (χ3v) is 1.51. The molecule has 2 radical (unpaired) electrons. The highest BCUT2D eigenvalue weighted by atomic mass is 13.9. The zero-order chi connectivity index (χ0) is 7.23. The second-order valence-electron chi connectivity index (χ2n) is 2.38. The maximum atomic E-state index is 5.38. The molecule has 0 saturated carbocycles. The molecule has 0 spiro atoms. The van der Waals surface area contributed by atoms with Crippen molar-refractivity contribution in [1.82, 2.24) is 0 Å². The lowest BCUT2D eigenvalue weighted by atomic mass is 9.98. The standard InChI is InChI=1S/C9H11B/c10-8-4-7-9-5-2-1-3-6-9/h1-3,5-6H,4,7-8H2. The molecule has 0 unspecified atom stereocenters. The van der Waals surface area contributed by atoms with E-state index < -0.39 is 0 Å².